The van der Waals surface area contributed by atoms with Crippen LogP contribution in [0.3, 0.4) is 0 Å². The fourth-order valence-corrected chi connectivity index (χ4v) is 2.87. The van der Waals surface area contributed by atoms with Crippen molar-refractivity contribution in [1.29, 1.82) is 0 Å². The van der Waals surface area contributed by atoms with Crippen molar-refractivity contribution < 1.29 is 18.7 Å². The molecule has 0 aliphatic heterocycles. The van der Waals surface area contributed by atoms with Crippen LogP contribution in [0.25, 0.3) is 0 Å². The highest BCUT2D eigenvalue weighted by atomic mass is 79.9. The van der Waals surface area contributed by atoms with Crippen molar-refractivity contribution in [2.24, 2.45) is 0 Å². The molecule has 0 atom stereocenters. The molecule has 0 unspecified atom stereocenters. The van der Waals surface area contributed by atoms with Crippen molar-refractivity contribution in [2.45, 2.75) is 20.3 Å². The third-order valence-electron chi connectivity index (χ3n) is 3.48. The first-order valence-electron chi connectivity index (χ1n) is 8.17. The minimum Gasteiger partial charge on any atom is -0.490 e. The maximum Gasteiger partial charge on any atom is 0.252 e. The summed E-state index contributed by atoms with van der Waals surface area (Å²) < 4.78 is 24.7. The van der Waals surface area contributed by atoms with Crippen LogP contribution in [-0.2, 0) is 6.42 Å². The van der Waals surface area contributed by atoms with Gasteiger partial charge in [-0.25, -0.2) is 4.39 Å². The topological polar surface area (TPSA) is 47.6 Å². The predicted octanol–water partition coefficient (Wildman–Crippen LogP) is 4.36. The Morgan fingerprint density at radius 1 is 1.08 bits per heavy atom. The lowest BCUT2D eigenvalue weighted by atomic mass is 10.1. The number of carbonyl (C=O) groups excluding carboxylic acids is 1. The van der Waals surface area contributed by atoms with Gasteiger partial charge in [0.1, 0.15) is 5.82 Å². The molecule has 1 N–H and O–H groups in total. The molecule has 0 fully saturated rings. The van der Waals surface area contributed by atoms with Crippen LogP contribution in [0.15, 0.2) is 40.9 Å². The summed E-state index contributed by atoms with van der Waals surface area (Å²) in [4.78, 5) is 12.2. The van der Waals surface area contributed by atoms with E-state index in [1.807, 2.05) is 32.0 Å². The van der Waals surface area contributed by atoms with Crippen LogP contribution < -0.4 is 14.8 Å². The minimum absolute atomic E-state index is 0.247. The molecule has 2 aromatic rings. The van der Waals surface area contributed by atoms with E-state index in [2.05, 4.69) is 21.2 Å². The second-order valence-electron chi connectivity index (χ2n) is 5.28. The average Bonchev–Trinajstić information content (AvgIpc) is 2.57. The molecule has 0 spiro atoms. The first-order valence-corrected chi connectivity index (χ1v) is 8.96. The van der Waals surface area contributed by atoms with E-state index in [9.17, 15) is 9.18 Å². The molecule has 2 rings (SSSR count). The highest BCUT2D eigenvalue weighted by Gasteiger charge is 2.11. The normalized spacial score (nSPS) is 10.4. The van der Waals surface area contributed by atoms with Gasteiger partial charge in [0, 0.05) is 11.0 Å². The molecule has 1 amide bonds. The summed E-state index contributed by atoms with van der Waals surface area (Å²) in [6, 6.07) is 9.75. The average molecular weight is 410 g/mol. The van der Waals surface area contributed by atoms with Gasteiger partial charge in [0.2, 0.25) is 0 Å². The lowest BCUT2D eigenvalue weighted by molar-refractivity contribution is 0.0953. The van der Waals surface area contributed by atoms with Crippen molar-refractivity contribution in [2.75, 3.05) is 19.8 Å². The molecular weight excluding hydrogens is 389 g/mol. The summed E-state index contributed by atoms with van der Waals surface area (Å²) in [7, 11) is 0. The largest absolute Gasteiger partial charge is 0.490 e. The summed E-state index contributed by atoms with van der Waals surface area (Å²) in [6.07, 6.45) is 0.650. The molecule has 0 aromatic heterocycles. The molecule has 6 heteroatoms. The van der Waals surface area contributed by atoms with E-state index < -0.39 is 0 Å². The van der Waals surface area contributed by atoms with Crippen LogP contribution in [0, 0.1) is 5.82 Å². The lowest BCUT2D eigenvalue weighted by Crippen LogP contribution is -2.26. The summed E-state index contributed by atoms with van der Waals surface area (Å²) in [6.45, 7) is 5.43. The van der Waals surface area contributed by atoms with Gasteiger partial charge < -0.3 is 14.8 Å². The van der Waals surface area contributed by atoms with E-state index in [4.69, 9.17) is 9.47 Å². The number of benzene rings is 2. The van der Waals surface area contributed by atoms with Gasteiger partial charge in [-0.15, -0.1) is 0 Å². The molecule has 0 saturated carbocycles. The van der Waals surface area contributed by atoms with Crippen LogP contribution in [0.1, 0.15) is 29.8 Å². The second kappa shape index (κ2) is 9.42. The fraction of sp³-hybridized carbons (Fsp3) is 0.316. The van der Waals surface area contributed by atoms with Crippen molar-refractivity contribution in [3.05, 3.63) is 57.8 Å². The highest BCUT2D eigenvalue weighted by molar-refractivity contribution is 9.10. The highest BCUT2D eigenvalue weighted by Crippen LogP contribution is 2.28. The Bertz CT molecular complexity index is 737. The van der Waals surface area contributed by atoms with Crippen molar-refractivity contribution in [3.63, 3.8) is 0 Å². The Morgan fingerprint density at radius 2 is 1.80 bits per heavy atom. The van der Waals surface area contributed by atoms with Crippen LogP contribution in [-0.4, -0.2) is 25.7 Å². The molecule has 0 bridgehead atoms. The van der Waals surface area contributed by atoms with E-state index in [0.29, 0.717) is 47.7 Å². The fourth-order valence-electron chi connectivity index (χ4n) is 2.34. The Labute approximate surface area is 155 Å². The van der Waals surface area contributed by atoms with Crippen LogP contribution in [0.4, 0.5) is 4.39 Å². The quantitative estimate of drug-likeness (QED) is 0.704. The maximum absolute atomic E-state index is 13.1. The molecule has 2 aromatic carbocycles. The zero-order valence-electron chi connectivity index (χ0n) is 14.3. The third kappa shape index (κ3) is 5.46. The lowest BCUT2D eigenvalue weighted by Gasteiger charge is -2.13. The van der Waals surface area contributed by atoms with E-state index in [1.54, 1.807) is 0 Å². The number of halogens is 2. The van der Waals surface area contributed by atoms with Crippen molar-refractivity contribution in [1.82, 2.24) is 5.32 Å². The number of nitrogens with one attached hydrogen (secondary N) is 1. The number of carbonyl (C=O) groups is 1. The molecular formula is C19H21BrFNO3. The van der Waals surface area contributed by atoms with Gasteiger partial charge in [-0.05, 0) is 72.1 Å². The second-order valence-corrected chi connectivity index (χ2v) is 6.13. The number of amides is 1. The van der Waals surface area contributed by atoms with E-state index in [1.165, 1.54) is 18.2 Å². The standard InChI is InChI=1S/C19H21BrFNO3/c1-3-24-17-8-5-13(11-18(17)25-4-2)9-10-22-19(23)15-7-6-14(21)12-16(15)20/h5-8,11-12H,3-4,9-10H2,1-2H3,(H,22,23). The molecule has 0 aliphatic rings. The number of ether oxygens (including phenoxy) is 2. The van der Waals surface area contributed by atoms with Gasteiger partial charge in [0.15, 0.2) is 11.5 Å². The number of hydrogen-bond acceptors (Lipinski definition) is 3. The zero-order chi connectivity index (χ0) is 18.2. The SMILES string of the molecule is CCOc1ccc(CCNC(=O)c2ccc(F)cc2Br)cc1OCC. The molecule has 0 saturated heterocycles. The van der Waals surface area contributed by atoms with Crippen LogP contribution in [0.2, 0.25) is 0 Å². The van der Waals surface area contributed by atoms with E-state index >= 15 is 0 Å². The van der Waals surface area contributed by atoms with E-state index in [-0.39, 0.29) is 11.7 Å². The van der Waals surface area contributed by atoms with Gasteiger partial charge in [-0.1, -0.05) is 6.07 Å². The first kappa shape index (κ1) is 19.2. The van der Waals surface area contributed by atoms with Crippen LogP contribution >= 0.6 is 15.9 Å². The van der Waals surface area contributed by atoms with Gasteiger partial charge >= 0.3 is 0 Å². The zero-order valence-corrected chi connectivity index (χ0v) is 15.9. The van der Waals surface area contributed by atoms with Crippen LogP contribution in [0.5, 0.6) is 11.5 Å². The molecule has 4 nitrogen and oxygen atoms in total. The van der Waals surface area contributed by atoms with Crippen molar-refractivity contribution >= 4 is 21.8 Å². The van der Waals surface area contributed by atoms with Gasteiger partial charge in [0.05, 0.1) is 18.8 Å². The summed E-state index contributed by atoms with van der Waals surface area (Å²) in [5.74, 6) is 0.783. The van der Waals surface area contributed by atoms with Gasteiger partial charge in [-0.3, -0.25) is 4.79 Å². The summed E-state index contributed by atoms with van der Waals surface area (Å²) in [5.41, 5.74) is 1.44. The van der Waals surface area contributed by atoms with Gasteiger partial charge in [0.25, 0.3) is 5.91 Å². The summed E-state index contributed by atoms with van der Waals surface area (Å²) >= 11 is 3.20. The number of hydrogen-bond donors (Lipinski definition) is 1. The third-order valence-corrected chi connectivity index (χ3v) is 4.14. The van der Waals surface area contributed by atoms with Crippen molar-refractivity contribution in [3.8, 4) is 11.5 Å². The molecule has 0 radical (unpaired) electrons. The molecule has 25 heavy (non-hydrogen) atoms. The Morgan fingerprint density at radius 3 is 2.48 bits per heavy atom. The first-order chi connectivity index (χ1) is 12.0. The Balaban J connectivity index is 1.96. The molecule has 0 aliphatic carbocycles. The van der Waals surface area contributed by atoms with E-state index in [0.717, 1.165) is 5.56 Å². The monoisotopic (exact) mass is 409 g/mol. The maximum atomic E-state index is 13.1. The number of rotatable bonds is 8. The van der Waals surface area contributed by atoms with Gasteiger partial charge in [-0.2, -0.15) is 0 Å². The smallest absolute Gasteiger partial charge is 0.252 e. The Hall–Kier alpha value is -2.08. The summed E-state index contributed by atoms with van der Waals surface area (Å²) in [5, 5.41) is 2.84. The predicted molar refractivity (Wildman–Crippen MR) is 98.9 cm³/mol. The minimum atomic E-state index is -0.388. The Kier molecular flexibility index (Phi) is 7.25. The molecule has 134 valence electrons. The molecule has 0 heterocycles.